The first-order valence-electron chi connectivity index (χ1n) is 11.3. The Labute approximate surface area is 195 Å². The first kappa shape index (κ1) is 24.5. The van der Waals surface area contributed by atoms with Crippen LogP contribution in [0.25, 0.3) is 11.1 Å². The van der Waals surface area contributed by atoms with E-state index in [1.165, 1.54) is 0 Å². The minimum Gasteiger partial charge on any atom is -0.496 e. The fourth-order valence-electron chi connectivity index (χ4n) is 3.99. The quantitative estimate of drug-likeness (QED) is 0.690. The number of rotatable bonds is 7. The molecule has 0 aliphatic carbocycles. The molecule has 1 aromatic heterocycles. The van der Waals surface area contributed by atoms with Gasteiger partial charge in [-0.3, -0.25) is 9.59 Å². The Balaban J connectivity index is 2.07. The summed E-state index contributed by atoms with van der Waals surface area (Å²) in [5.74, 6) is 0.579. The van der Waals surface area contributed by atoms with Crippen molar-refractivity contribution in [3.05, 3.63) is 42.1 Å². The Bertz CT molecular complexity index is 996. The highest BCUT2D eigenvalue weighted by atomic mass is 16.5. The van der Waals surface area contributed by atoms with Crippen LogP contribution in [0, 0.1) is 5.92 Å². The van der Waals surface area contributed by atoms with E-state index in [4.69, 9.17) is 9.47 Å². The van der Waals surface area contributed by atoms with Crippen molar-refractivity contribution in [2.75, 3.05) is 33.9 Å². The number of hydrogen-bond acceptors (Lipinski definition) is 6. The summed E-state index contributed by atoms with van der Waals surface area (Å²) in [5.41, 5.74) is 1.85. The number of fused-ring (bicyclic) bond motifs is 1. The summed E-state index contributed by atoms with van der Waals surface area (Å²) in [6.45, 7) is 6.21. The van der Waals surface area contributed by atoms with Crippen molar-refractivity contribution in [1.29, 1.82) is 0 Å². The number of aromatic nitrogens is 1. The average molecular weight is 456 g/mol. The van der Waals surface area contributed by atoms with Crippen LogP contribution in [0.5, 0.6) is 11.6 Å². The molecular weight excluding hydrogens is 422 g/mol. The fraction of sp³-hybridized carbons (Fsp3) is 0.480. The number of methoxy groups -OCH3 is 1. The van der Waals surface area contributed by atoms with Gasteiger partial charge in [-0.05, 0) is 19.1 Å². The molecule has 1 N–H and O–H groups in total. The summed E-state index contributed by atoms with van der Waals surface area (Å²) in [6, 6.07) is 8.90. The van der Waals surface area contributed by atoms with Gasteiger partial charge >= 0.3 is 0 Å². The molecule has 33 heavy (non-hydrogen) atoms. The van der Waals surface area contributed by atoms with Gasteiger partial charge in [-0.25, -0.2) is 4.98 Å². The molecule has 3 atom stereocenters. The van der Waals surface area contributed by atoms with Gasteiger partial charge in [-0.15, -0.1) is 0 Å². The van der Waals surface area contributed by atoms with Crippen LogP contribution in [0.1, 0.15) is 37.6 Å². The number of aliphatic hydroxyl groups excluding tert-OH is 1. The maximum atomic E-state index is 13.6. The number of likely N-dealkylation sites (N-methyl/N-ethyl adjacent to an activating group) is 1. The number of hydrogen-bond donors (Lipinski definition) is 1. The summed E-state index contributed by atoms with van der Waals surface area (Å²) in [7, 11) is 3.35. The van der Waals surface area contributed by atoms with Gasteiger partial charge in [0.15, 0.2) is 0 Å². The SMILES string of the molecule is CCC(=O)N(C)C[C@@H]1Oc2ncc(-c3ccccc3OC)cc2C(=O)N([C@H](C)CO)C[C@@H]1C. The molecule has 0 radical (unpaired) electrons. The van der Waals surface area contributed by atoms with Crippen LogP contribution in [-0.2, 0) is 4.79 Å². The Morgan fingerprint density at radius 2 is 2.09 bits per heavy atom. The second-order valence-corrected chi connectivity index (χ2v) is 8.53. The van der Waals surface area contributed by atoms with Gasteiger partial charge in [0, 0.05) is 43.3 Å². The number of benzene rings is 1. The van der Waals surface area contributed by atoms with E-state index in [1.807, 2.05) is 45.0 Å². The molecule has 2 amide bonds. The van der Waals surface area contributed by atoms with Crippen LogP contribution < -0.4 is 9.47 Å². The lowest BCUT2D eigenvalue weighted by molar-refractivity contribution is -0.131. The van der Waals surface area contributed by atoms with Crippen molar-refractivity contribution in [3.63, 3.8) is 0 Å². The van der Waals surface area contributed by atoms with Crippen molar-refractivity contribution in [1.82, 2.24) is 14.8 Å². The van der Waals surface area contributed by atoms with E-state index in [0.717, 1.165) is 11.1 Å². The summed E-state index contributed by atoms with van der Waals surface area (Å²) >= 11 is 0. The summed E-state index contributed by atoms with van der Waals surface area (Å²) < 4.78 is 11.7. The largest absolute Gasteiger partial charge is 0.496 e. The molecule has 0 saturated heterocycles. The van der Waals surface area contributed by atoms with Crippen molar-refractivity contribution in [2.45, 2.75) is 39.3 Å². The Morgan fingerprint density at radius 3 is 2.76 bits per heavy atom. The van der Waals surface area contributed by atoms with Crippen molar-refractivity contribution in [3.8, 4) is 22.8 Å². The van der Waals surface area contributed by atoms with Crippen molar-refractivity contribution >= 4 is 11.8 Å². The fourth-order valence-corrected chi connectivity index (χ4v) is 3.99. The zero-order chi connectivity index (χ0) is 24.1. The minimum atomic E-state index is -0.378. The zero-order valence-corrected chi connectivity index (χ0v) is 19.9. The normalized spacial score (nSPS) is 19.1. The molecule has 3 rings (SSSR count). The maximum absolute atomic E-state index is 13.6. The number of pyridine rings is 1. The monoisotopic (exact) mass is 455 g/mol. The van der Waals surface area contributed by atoms with Crippen molar-refractivity contribution < 1.29 is 24.2 Å². The summed E-state index contributed by atoms with van der Waals surface area (Å²) in [6.07, 6.45) is 1.70. The number of carbonyl (C=O) groups excluding carboxylic acids is 2. The van der Waals surface area contributed by atoms with Crippen molar-refractivity contribution in [2.24, 2.45) is 5.92 Å². The van der Waals surface area contributed by atoms with Gasteiger partial charge in [0.05, 0.1) is 26.3 Å². The molecule has 8 heteroatoms. The van der Waals surface area contributed by atoms with Crippen LogP contribution in [-0.4, -0.2) is 77.7 Å². The van der Waals surface area contributed by atoms with Gasteiger partial charge in [-0.2, -0.15) is 0 Å². The molecular formula is C25H33N3O5. The second kappa shape index (κ2) is 10.7. The molecule has 2 aromatic rings. The Hall–Kier alpha value is -3.13. The highest BCUT2D eigenvalue weighted by molar-refractivity contribution is 5.98. The number of aliphatic hydroxyl groups is 1. The van der Waals surface area contributed by atoms with E-state index < -0.39 is 0 Å². The highest BCUT2D eigenvalue weighted by Crippen LogP contribution is 2.34. The summed E-state index contributed by atoms with van der Waals surface area (Å²) in [5, 5.41) is 9.81. The van der Waals surface area contributed by atoms with Gasteiger partial charge in [0.2, 0.25) is 11.8 Å². The molecule has 1 aliphatic heterocycles. The number of carbonyl (C=O) groups is 2. The van der Waals surface area contributed by atoms with Gasteiger partial charge < -0.3 is 24.4 Å². The topological polar surface area (TPSA) is 92.2 Å². The predicted molar refractivity (Wildman–Crippen MR) is 125 cm³/mol. The lowest BCUT2D eigenvalue weighted by atomic mass is 9.99. The van der Waals surface area contributed by atoms with E-state index in [-0.39, 0.29) is 42.4 Å². The van der Waals surface area contributed by atoms with Crippen LogP contribution in [0.2, 0.25) is 0 Å². The third-order valence-electron chi connectivity index (χ3n) is 6.12. The highest BCUT2D eigenvalue weighted by Gasteiger charge is 2.34. The van der Waals surface area contributed by atoms with E-state index in [0.29, 0.717) is 30.8 Å². The van der Waals surface area contributed by atoms with Crippen LogP contribution in [0.15, 0.2) is 36.5 Å². The molecule has 178 valence electrons. The molecule has 0 bridgehead atoms. The third kappa shape index (κ3) is 5.27. The molecule has 0 fully saturated rings. The van der Waals surface area contributed by atoms with E-state index in [9.17, 15) is 14.7 Å². The molecule has 1 aliphatic rings. The number of ether oxygens (including phenoxy) is 2. The van der Waals surface area contributed by atoms with E-state index in [1.54, 1.807) is 36.2 Å². The Morgan fingerprint density at radius 1 is 1.36 bits per heavy atom. The molecule has 8 nitrogen and oxygen atoms in total. The number of amides is 2. The zero-order valence-electron chi connectivity index (χ0n) is 19.9. The average Bonchev–Trinajstić information content (AvgIpc) is 2.84. The van der Waals surface area contributed by atoms with Crippen LogP contribution >= 0.6 is 0 Å². The van der Waals surface area contributed by atoms with Crippen LogP contribution in [0.3, 0.4) is 0 Å². The first-order chi connectivity index (χ1) is 15.8. The smallest absolute Gasteiger partial charge is 0.259 e. The minimum absolute atomic E-state index is 0.0178. The van der Waals surface area contributed by atoms with Crippen LogP contribution in [0.4, 0.5) is 0 Å². The van der Waals surface area contributed by atoms with Gasteiger partial charge in [-0.1, -0.05) is 32.0 Å². The molecule has 2 heterocycles. The van der Waals surface area contributed by atoms with Gasteiger partial charge in [0.25, 0.3) is 5.91 Å². The number of nitrogens with zero attached hydrogens (tertiary/aromatic N) is 3. The lowest BCUT2D eigenvalue weighted by Gasteiger charge is -2.37. The summed E-state index contributed by atoms with van der Waals surface area (Å²) in [4.78, 5) is 33.5. The standard InChI is InChI=1S/C25H33N3O5/c1-6-23(30)27(4)14-22-16(2)13-28(17(3)15-29)25(31)20-11-18(12-26-24(20)33-22)19-9-7-8-10-21(19)32-5/h7-12,16-17,22,29H,6,13-15H2,1-5H3/t16-,17+,22-/m0/s1. The number of para-hydroxylation sites is 1. The molecule has 0 saturated carbocycles. The van der Waals surface area contributed by atoms with Gasteiger partial charge in [0.1, 0.15) is 17.4 Å². The first-order valence-corrected chi connectivity index (χ1v) is 11.3. The molecule has 1 aromatic carbocycles. The van der Waals surface area contributed by atoms with E-state index in [2.05, 4.69) is 4.98 Å². The lowest BCUT2D eigenvalue weighted by Crippen LogP contribution is -2.50. The van der Waals surface area contributed by atoms with E-state index >= 15 is 0 Å². The third-order valence-corrected chi connectivity index (χ3v) is 6.12. The maximum Gasteiger partial charge on any atom is 0.259 e. The Kier molecular flexibility index (Phi) is 7.92. The second-order valence-electron chi connectivity index (χ2n) is 8.53. The molecule has 0 unspecified atom stereocenters. The molecule has 0 spiro atoms. The predicted octanol–water partition coefficient (Wildman–Crippen LogP) is 2.85.